The number of aromatic nitrogens is 2. The van der Waals surface area contributed by atoms with Gasteiger partial charge in [-0.2, -0.15) is 0 Å². The fraction of sp³-hybridized carbons (Fsp3) is 0.273. The molecule has 0 aliphatic heterocycles. The lowest BCUT2D eigenvalue weighted by Crippen LogP contribution is -2.30. The van der Waals surface area contributed by atoms with Gasteiger partial charge in [0.1, 0.15) is 5.75 Å². The number of nitrogens with zero attached hydrogens (tertiary/aromatic N) is 2. The third-order valence-corrected chi connectivity index (χ3v) is 6.51. The van der Waals surface area contributed by atoms with Crippen molar-refractivity contribution in [1.29, 1.82) is 0 Å². The molecule has 170 valence electrons. The Bertz CT molecular complexity index is 1120. The lowest BCUT2D eigenvalue weighted by Gasteiger charge is -2.15. The fourth-order valence-electron chi connectivity index (χ4n) is 2.98. The number of hydrogen-bond donors (Lipinski definition) is 2. The van der Waals surface area contributed by atoms with E-state index in [1.165, 1.54) is 18.2 Å². The Hall–Kier alpha value is -2.88. The number of aryl methyl sites for hydroxylation is 1. The fourth-order valence-corrected chi connectivity index (χ4v) is 4.54. The lowest BCUT2D eigenvalue weighted by molar-refractivity contribution is -0.123. The summed E-state index contributed by atoms with van der Waals surface area (Å²) in [5.74, 6) is -0.0583. The van der Waals surface area contributed by atoms with Crippen LogP contribution in [0.1, 0.15) is 24.9 Å². The highest BCUT2D eigenvalue weighted by atomic mass is 35.5. The number of carbonyl (C=O) groups is 1. The van der Waals surface area contributed by atoms with Crippen molar-refractivity contribution < 1.29 is 17.9 Å². The van der Waals surface area contributed by atoms with Crippen LogP contribution in [0.2, 0.25) is 5.02 Å². The number of sulfonamides is 1. The molecule has 2 N–H and O–H groups in total. The standard InChI is InChI=1S/C22H25ClN4O4S/c1-17(18-6-3-2-4-7-18)26-32(29,30)19-8-9-21(20(23)14-19)31-15-22(28)25-10-5-12-27-13-11-24-16-27/h2-4,6-9,11,13-14,16-17,26H,5,10,12,15H2,1H3,(H,25,28)/t17-/m0/s1. The maximum Gasteiger partial charge on any atom is 0.257 e. The van der Waals surface area contributed by atoms with Gasteiger partial charge >= 0.3 is 0 Å². The molecule has 0 bridgehead atoms. The van der Waals surface area contributed by atoms with E-state index in [0.717, 1.165) is 18.5 Å². The number of ether oxygens (including phenoxy) is 1. The number of halogens is 1. The molecule has 0 unspecified atom stereocenters. The molecule has 0 saturated carbocycles. The van der Waals surface area contributed by atoms with Crippen molar-refractivity contribution in [2.45, 2.75) is 30.8 Å². The van der Waals surface area contributed by atoms with Crippen molar-refractivity contribution in [3.63, 3.8) is 0 Å². The molecule has 3 rings (SSSR count). The molecule has 1 amide bonds. The van der Waals surface area contributed by atoms with Crippen LogP contribution in [0.4, 0.5) is 0 Å². The monoisotopic (exact) mass is 476 g/mol. The number of hydrogen-bond acceptors (Lipinski definition) is 5. The molecule has 0 radical (unpaired) electrons. The SMILES string of the molecule is C[C@H](NS(=O)(=O)c1ccc(OCC(=O)NCCCn2ccnc2)c(Cl)c1)c1ccccc1. The molecule has 3 aromatic rings. The van der Waals surface area contributed by atoms with Crippen molar-refractivity contribution in [2.75, 3.05) is 13.2 Å². The Morgan fingerprint density at radius 3 is 2.69 bits per heavy atom. The van der Waals surface area contributed by atoms with Gasteiger partial charge in [-0.05, 0) is 37.1 Å². The maximum atomic E-state index is 12.7. The summed E-state index contributed by atoms with van der Waals surface area (Å²) in [6.07, 6.45) is 6.03. The van der Waals surface area contributed by atoms with Gasteiger partial charge in [0.05, 0.1) is 16.2 Å². The minimum Gasteiger partial charge on any atom is -0.482 e. The maximum absolute atomic E-state index is 12.7. The van der Waals surface area contributed by atoms with Gasteiger partial charge in [-0.15, -0.1) is 0 Å². The first-order valence-corrected chi connectivity index (χ1v) is 11.9. The van der Waals surface area contributed by atoms with Gasteiger partial charge in [0.2, 0.25) is 10.0 Å². The molecular formula is C22H25ClN4O4S. The van der Waals surface area contributed by atoms with E-state index in [-0.39, 0.29) is 28.2 Å². The highest BCUT2D eigenvalue weighted by molar-refractivity contribution is 7.89. The average Bonchev–Trinajstić information content (AvgIpc) is 3.30. The highest BCUT2D eigenvalue weighted by Gasteiger charge is 2.20. The van der Waals surface area contributed by atoms with Crippen LogP contribution >= 0.6 is 11.6 Å². The summed E-state index contributed by atoms with van der Waals surface area (Å²) >= 11 is 6.20. The molecule has 0 spiro atoms. The Labute approximate surface area is 192 Å². The molecule has 1 aromatic heterocycles. The van der Waals surface area contributed by atoms with E-state index in [0.29, 0.717) is 6.54 Å². The van der Waals surface area contributed by atoms with Gasteiger partial charge in [-0.1, -0.05) is 41.9 Å². The predicted molar refractivity (Wildman–Crippen MR) is 122 cm³/mol. The number of benzene rings is 2. The van der Waals surface area contributed by atoms with E-state index in [1.54, 1.807) is 19.4 Å². The van der Waals surface area contributed by atoms with Crippen LogP contribution in [0, 0.1) is 0 Å². The molecule has 2 aromatic carbocycles. The van der Waals surface area contributed by atoms with Crippen LogP contribution in [-0.2, 0) is 21.4 Å². The van der Waals surface area contributed by atoms with Crippen LogP contribution in [0.5, 0.6) is 5.75 Å². The molecule has 0 saturated heterocycles. The number of rotatable bonds is 11. The van der Waals surface area contributed by atoms with E-state index >= 15 is 0 Å². The molecule has 32 heavy (non-hydrogen) atoms. The molecular weight excluding hydrogens is 452 g/mol. The highest BCUT2D eigenvalue weighted by Crippen LogP contribution is 2.28. The topological polar surface area (TPSA) is 102 Å². The number of amides is 1. The first kappa shape index (κ1) is 23.8. The van der Waals surface area contributed by atoms with Crippen LogP contribution < -0.4 is 14.8 Å². The normalized spacial score (nSPS) is 12.3. The largest absolute Gasteiger partial charge is 0.482 e. The summed E-state index contributed by atoms with van der Waals surface area (Å²) in [5.41, 5.74) is 0.846. The van der Waals surface area contributed by atoms with Gasteiger partial charge < -0.3 is 14.6 Å². The average molecular weight is 477 g/mol. The zero-order chi connectivity index (χ0) is 23.0. The van der Waals surface area contributed by atoms with Crippen molar-refractivity contribution in [3.8, 4) is 5.75 Å². The summed E-state index contributed by atoms with van der Waals surface area (Å²) in [4.78, 5) is 15.9. The second-order valence-electron chi connectivity index (χ2n) is 7.14. The van der Waals surface area contributed by atoms with Gasteiger partial charge in [-0.3, -0.25) is 4.79 Å². The zero-order valence-corrected chi connectivity index (χ0v) is 19.1. The summed E-state index contributed by atoms with van der Waals surface area (Å²) in [7, 11) is -3.79. The molecule has 0 aliphatic carbocycles. The molecule has 1 atom stereocenters. The summed E-state index contributed by atoms with van der Waals surface area (Å²) < 4.78 is 35.4. The quantitative estimate of drug-likeness (QED) is 0.414. The predicted octanol–water partition coefficient (Wildman–Crippen LogP) is 3.16. The second kappa shape index (κ2) is 11.1. The van der Waals surface area contributed by atoms with Crippen LogP contribution in [0.3, 0.4) is 0 Å². The molecule has 0 aliphatic rings. The Morgan fingerprint density at radius 2 is 2.00 bits per heavy atom. The van der Waals surface area contributed by atoms with E-state index in [1.807, 2.05) is 41.1 Å². The summed E-state index contributed by atoms with van der Waals surface area (Å²) in [5, 5.41) is 2.87. The van der Waals surface area contributed by atoms with Gasteiger partial charge in [0.25, 0.3) is 5.91 Å². The van der Waals surface area contributed by atoms with E-state index < -0.39 is 16.1 Å². The van der Waals surface area contributed by atoms with Crippen LogP contribution in [0.15, 0.2) is 72.1 Å². The third kappa shape index (κ3) is 6.81. The Balaban J connectivity index is 1.50. The molecule has 8 nitrogen and oxygen atoms in total. The molecule has 1 heterocycles. The van der Waals surface area contributed by atoms with Gasteiger partial charge in [0, 0.05) is 31.5 Å². The third-order valence-electron chi connectivity index (χ3n) is 4.68. The first-order chi connectivity index (χ1) is 15.3. The first-order valence-electron chi connectivity index (χ1n) is 10.1. The van der Waals surface area contributed by atoms with Crippen molar-refractivity contribution in [1.82, 2.24) is 19.6 Å². The van der Waals surface area contributed by atoms with Crippen molar-refractivity contribution in [2.24, 2.45) is 0 Å². The van der Waals surface area contributed by atoms with Gasteiger partial charge in [-0.25, -0.2) is 18.1 Å². The van der Waals surface area contributed by atoms with Crippen LogP contribution in [-0.4, -0.2) is 37.0 Å². The van der Waals surface area contributed by atoms with Crippen molar-refractivity contribution >= 4 is 27.5 Å². The molecule has 0 fully saturated rings. The minimum absolute atomic E-state index is 0.0154. The smallest absolute Gasteiger partial charge is 0.257 e. The van der Waals surface area contributed by atoms with Crippen molar-refractivity contribution in [3.05, 3.63) is 77.8 Å². The number of nitrogens with one attached hydrogen (secondary N) is 2. The second-order valence-corrected chi connectivity index (χ2v) is 9.26. The Kier molecular flexibility index (Phi) is 8.26. The molecule has 10 heteroatoms. The number of imidazole rings is 1. The van der Waals surface area contributed by atoms with Crippen LogP contribution in [0.25, 0.3) is 0 Å². The van der Waals surface area contributed by atoms with E-state index in [9.17, 15) is 13.2 Å². The number of carbonyl (C=O) groups excluding carboxylic acids is 1. The Morgan fingerprint density at radius 1 is 1.22 bits per heavy atom. The van der Waals surface area contributed by atoms with E-state index in [4.69, 9.17) is 16.3 Å². The zero-order valence-electron chi connectivity index (χ0n) is 17.6. The lowest BCUT2D eigenvalue weighted by atomic mass is 10.1. The summed E-state index contributed by atoms with van der Waals surface area (Å²) in [6, 6.07) is 13.0. The van der Waals surface area contributed by atoms with Gasteiger partial charge in [0.15, 0.2) is 6.61 Å². The minimum atomic E-state index is -3.79. The van der Waals surface area contributed by atoms with E-state index in [2.05, 4.69) is 15.0 Å². The summed E-state index contributed by atoms with van der Waals surface area (Å²) in [6.45, 7) is 2.79.